The molecular weight excluding hydrogens is 293 g/mol. The maximum atomic E-state index is 12.9. The number of nitrogens with zero attached hydrogens (tertiary/aromatic N) is 1. The average Bonchev–Trinajstić information content (AvgIpc) is 2.37. The van der Waals surface area contributed by atoms with Gasteiger partial charge in [0.2, 0.25) is 6.20 Å². The normalized spacial score (nSPS) is 12.6. The minimum absolute atomic E-state index is 0.0459. The van der Waals surface area contributed by atoms with Crippen molar-refractivity contribution in [3.63, 3.8) is 0 Å². The van der Waals surface area contributed by atoms with E-state index in [1.807, 2.05) is 0 Å². The maximum absolute atomic E-state index is 12.9. The topological polar surface area (TPSA) is 79.5 Å². The number of aromatic nitrogens is 1. The van der Waals surface area contributed by atoms with Crippen LogP contribution >= 0.6 is 0 Å². The number of halogens is 1. The summed E-state index contributed by atoms with van der Waals surface area (Å²) >= 11 is 0. The lowest BCUT2D eigenvalue weighted by Gasteiger charge is -2.21. The summed E-state index contributed by atoms with van der Waals surface area (Å²) in [7, 11) is 1.19. The summed E-state index contributed by atoms with van der Waals surface area (Å²) < 4.78 is 23.1. The summed E-state index contributed by atoms with van der Waals surface area (Å²) in [6, 6.07) is 2.39. The highest BCUT2D eigenvalue weighted by Gasteiger charge is 2.28. The lowest BCUT2D eigenvalue weighted by atomic mass is 9.99. The van der Waals surface area contributed by atoms with Gasteiger partial charge in [-0.15, -0.1) is 0 Å². The van der Waals surface area contributed by atoms with Crippen molar-refractivity contribution in [2.45, 2.75) is 39.2 Å². The van der Waals surface area contributed by atoms with Gasteiger partial charge in [-0.25, -0.2) is 4.39 Å². The van der Waals surface area contributed by atoms with Crippen molar-refractivity contribution in [2.24, 2.45) is 5.92 Å². The largest absolute Gasteiger partial charge is 0.618 e. The first-order valence-corrected chi connectivity index (χ1v) is 6.79. The average molecular weight is 313 g/mol. The predicted molar refractivity (Wildman–Crippen MR) is 75.0 cm³/mol. The van der Waals surface area contributed by atoms with Crippen LogP contribution in [0.1, 0.15) is 32.9 Å². The first kappa shape index (κ1) is 17.9. The van der Waals surface area contributed by atoms with Gasteiger partial charge in [-0.2, -0.15) is 4.73 Å². The fraction of sp³-hybridized carbons (Fsp3) is 0.533. The summed E-state index contributed by atoms with van der Waals surface area (Å²) in [5, 5.41) is 11.6. The lowest BCUT2D eigenvalue weighted by molar-refractivity contribution is -0.616. The fourth-order valence-corrected chi connectivity index (χ4v) is 1.89. The van der Waals surface area contributed by atoms with Gasteiger partial charge < -0.3 is 14.7 Å². The van der Waals surface area contributed by atoms with Gasteiger partial charge in [-0.05, 0) is 26.8 Å². The number of carbonyl (C=O) groups is 2. The highest BCUT2D eigenvalue weighted by molar-refractivity contribution is 5.80. The highest BCUT2D eigenvalue weighted by atomic mass is 19.1. The molecule has 0 aliphatic heterocycles. The molecule has 0 fully saturated rings. The maximum Gasteiger partial charge on any atom is 0.309 e. The number of carbonyl (C=O) groups excluding carboxylic acids is 2. The molecule has 1 rings (SSSR count). The van der Waals surface area contributed by atoms with Crippen molar-refractivity contribution in [2.75, 3.05) is 7.11 Å². The van der Waals surface area contributed by atoms with E-state index < -0.39 is 29.3 Å². The van der Waals surface area contributed by atoms with E-state index in [9.17, 15) is 19.2 Å². The van der Waals surface area contributed by atoms with Gasteiger partial charge in [0.1, 0.15) is 5.60 Å². The first-order valence-electron chi connectivity index (χ1n) is 6.79. The van der Waals surface area contributed by atoms with Crippen LogP contribution in [-0.2, 0) is 25.5 Å². The molecule has 0 amide bonds. The molecule has 0 saturated carbocycles. The van der Waals surface area contributed by atoms with E-state index in [2.05, 4.69) is 4.74 Å². The third kappa shape index (κ3) is 5.67. The molecule has 1 aromatic rings. The van der Waals surface area contributed by atoms with Gasteiger partial charge in [0.15, 0.2) is 11.5 Å². The number of pyridine rings is 1. The van der Waals surface area contributed by atoms with E-state index in [4.69, 9.17) is 4.74 Å². The quantitative estimate of drug-likeness (QED) is 0.468. The van der Waals surface area contributed by atoms with E-state index in [-0.39, 0.29) is 18.5 Å². The third-order valence-corrected chi connectivity index (χ3v) is 2.78. The Morgan fingerprint density at radius 2 is 2.00 bits per heavy atom. The van der Waals surface area contributed by atoms with Gasteiger partial charge in [0.25, 0.3) is 0 Å². The fourth-order valence-electron chi connectivity index (χ4n) is 1.89. The molecule has 0 spiro atoms. The Bertz CT molecular complexity index is 553. The third-order valence-electron chi connectivity index (χ3n) is 2.78. The van der Waals surface area contributed by atoms with Crippen LogP contribution in [0.2, 0.25) is 0 Å². The molecule has 0 radical (unpaired) electrons. The zero-order valence-electron chi connectivity index (χ0n) is 13.1. The summed E-state index contributed by atoms with van der Waals surface area (Å²) in [5.74, 6) is -2.75. The molecule has 122 valence electrons. The molecule has 0 bridgehead atoms. The number of hydrogen-bond donors (Lipinski definition) is 0. The molecule has 6 nitrogen and oxygen atoms in total. The summed E-state index contributed by atoms with van der Waals surface area (Å²) in [4.78, 5) is 23.6. The molecule has 0 N–H and O–H groups in total. The number of ether oxygens (including phenoxy) is 2. The molecule has 0 saturated heterocycles. The zero-order valence-corrected chi connectivity index (χ0v) is 13.1. The number of esters is 2. The lowest BCUT2D eigenvalue weighted by Crippen LogP contribution is -2.35. The van der Waals surface area contributed by atoms with Crippen molar-refractivity contribution in [1.82, 2.24) is 0 Å². The zero-order chi connectivity index (χ0) is 16.9. The van der Waals surface area contributed by atoms with Crippen molar-refractivity contribution in [3.05, 3.63) is 35.0 Å². The number of rotatable bonds is 5. The minimum Gasteiger partial charge on any atom is -0.618 e. The van der Waals surface area contributed by atoms with Crippen LogP contribution in [0.3, 0.4) is 0 Å². The van der Waals surface area contributed by atoms with Crippen LogP contribution in [0.25, 0.3) is 0 Å². The molecule has 0 aliphatic rings. The Morgan fingerprint density at radius 1 is 1.36 bits per heavy atom. The Balaban J connectivity index is 2.85. The van der Waals surface area contributed by atoms with Crippen LogP contribution in [0.5, 0.6) is 0 Å². The SMILES string of the molecule is COC(=O)C(CC(=O)OC(C)(C)C)Cc1ccc(F)c[n+]1[O-]. The molecule has 1 heterocycles. The second-order valence-corrected chi connectivity index (χ2v) is 5.88. The van der Waals surface area contributed by atoms with Gasteiger partial charge in [-0.3, -0.25) is 9.59 Å². The van der Waals surface area contributed by atoms with Crippen molar-refractivity contribution in [1.29, 1.82) is 0 Å². The van der Waals surface area contributed by atoms with E-state index in [0.717, 1.165) is 12.3 Å². The van der Waals surface area contributed by atoms with Crippen LogP contribution in [0.4, 0.5) is 4.39 Å². The van der Waals surface area contributed by atoms with Gasteiger partial charge >= 0.3 is 11.9 Å². The molecule has 1 unspecified atom stereocenters. The minimum atomic E-state index is -0.870. The molecule has 0 aromatic carbocycles. The van der Waals surface area contributed by atoms with Crippen molar-refractivity contribution in [3.8, 4) is 0 Å². The molecule has 0 aliphatic carbocycles. The standard InChI is InChI=1S/C15H20FNO5/c1-15(2,3)22-13(18)8-10(14(19)21-4)7-12-6-5-11(16)9-17(12)20/h5-6,9-10H,7-8H2,1-4H3. The Kier molecular flexibility index (Phi) is 5.84. The van der Waals surface area contributed by atoms with Crippen LogP contribution < -0.4 is 4.73 Å². The summed E-state index contributed by atoms with van der Waals surface area (Å²) in [6.07, 6.45) is 0.494. The predicted octanol–water partition coefficient (Wildman–Crippen LogP) is 1.52. The Morgan fingerprint density at radius 3 is 2.50 bits per heavy atom. The highest BCUT2D eigenvalue weighted by Crippen LogP contribution is 2.16. The van der Waals surface area contributed by atoms with Crippen LogP contribution in [0.15, 0.2) is 18.3 Å². The van der Waals surface area contributed by atoms with E-state index in [1.165, 1.54) is 13.2 Å². The van der Waals surface area contributed by atoms with Gasteiger partial charge in [0.05, 0.1) is 19.4 Å². The molecule has 22 heavy (non-hydrogen) atoms. The summed E-state index contributed by atoms with van der Waals surface area (Å²) in [5.41, 5.74) is -0.508. The van der Waals surface area contributed by atoms with Crippen LogP contribution in [-0.4, -0.2) is 24.6 Å². The second-order valence-electron chi connectivity index (χ2n) is 5.88. The van der Waals surface area contributed by atoms with E-state index in [0.29, 0.717) is 4.73 Å². The van der Waals surface area contributed by atoms with E-state index in [1.54, 1.807) is 20.8 Å². The molecule has 1 atom stereocenters. The van der Waals surface area contributed by atoms with Crippen molar-refractivity contribution >= 4 is 11.9 Å². The number of hydrogen-bond acceptors (Lipinski definition) is 5. The summed E-state index contributed by atoms with van der Waals surface area (Å²) in [6.45, 7) is 5.14. The monoisotopic (exact) mass is 313 g/mol. The molecular formula is C15H20FNO5. The molecule has 7 heteroatoms. The second kappa shape index (κ2) is 7.20. The van der Waals surface area contributed by atoms with Gasteiger partial charge in [-0.1, -0.05) is 0 Å². The van der Waals surface area contributed by atoms with Crippen molar-refractivity contribution < 1.29 is 28.2 Å². The smallest absolute Gasteiger partial charge is 0.309 e. The number of methoxy groups -OCH3 is 1. The Labute approximate surface area is 128 Å². The Hall–Kier alpha value is -2.18. The van der Waals surface area contributed by atoms with Crippen LogP contribution in [0, 0.1) is 16.9 Å². The van der Waals surface area contributed by atoms with E-state index >= 15 is 0 Å². The molecule has 1 aromatic heterocycles. The van der Waals surface area contributed by atoms with Gasteiger partial charge in [0, 0.05) is 12.5 Å². The first-order chi connectivity index (χ1) is 10.1.